The van der Waals surface area contributed by atoms with Crippen molar-refractivity contribution >= 4 is 5.91 Å². The summed E-state index contributed by atoms with van der Waals surface area (Å²) >= 11 is 0. The Morgan fingerprint density at radius 2 is 2.42 bits per heavy atom. The van der Waals surface area contributed by atoms with Crippen LogP contribution in [0, 0.1) is 0 Å². The van der Waals surface area contributed by atoms with Crippen molar-refractivity contribution in [1.29, 1.82) is 0 Å². The van der Waals surface area contributed by atoms with Crippen LogP contribution in [-0.4, -0.2) is 42.0 Å². The summed E-state index contributed by atoms with van der Waals surface area (Å²) in [6, 6.07) is 4.07. The number of pyridine rings is 1. The van der Waals surface area contributed by atoms with Crippen LogP contribution in [0.5, 0.6) is 0 Å². The summed E-state index contributed by atoms with van der Waals surface area (Å²) in [7, 11) is 1.90. The van der Waals surface area contributed by atoms with Crippen molar-refractivity contribution in [2.45, 2.75) is 38.1 Å². The first-order valence-electron chi connectivity index (χ1n) is 7.14. The van der Waals surface area contributed by atoms with E-state index in [1.165, 1.54) is 12.0 Å². The number of likely N-dealkylation sites (N-methyl/N-ethyl adjacent to an activating group) is 1. The Morgan fingerprint density at radius 1 is 1.53 bits per heavy atom. The number of aromatic nitrogens is 1. The first kappa shape index (κ1) is 14.0. The zero-order valence-electron chi connectivity index (χ0n) is 11.6. The largest absolute Gasteiger partial charge is 0.344 e. The van der Waals surface area contributed by atoms with Gasteiger partial charge in [-0.3, -0.25) is 9.78 Å². The fourth-order valence-electron chi connectivity index (χ4n) is 2.51. The van der Waals surface area contributed by atoms with Gasteiger partial charge in [-0.05, 0) is 43.9 Å². The molecule has 2 rings (SSSR count). The van der Waals surface area contributed by atoms with Crippen molar-refractivity contribution in [2.75, 3.05) is 20.1 Å². The maximum absolute atomic E-state index is 12.2. The number of carbonyl (C=O) groups excluding carboxylic acids is 1. The smallest absolute Gasteiger partial charge is 0.239 e. The van der Waals surface area contributed by atoms with E-state index >= 15 is 0 Å². The van der Waals surface area contributed by atoms with Crippen molar-refractivity contribution in [3.05, 3.63) is 30.1 Å². The predicted molar refractivity (Wildman–Crippen MR) is 75.8 cm³/mol. The van der Waals surface area contributed by atoms with Crippen molar-refractivity contribution in [3.8, 4) is 0 Å². The molecule has 104 valence electrons. The van der Waals surface area contributed by atoms with Gasteiger partial charge in [0.1, 0.15) is 0 Å². The lowest BCUT2D eigenvalue weighted by molar-refractivity contribution is -0.132. The molecule has 0 saturated carbocycles. The molecule has 0 aliphatic carbocycles. The molecule has 0 bridgehead atoms. The molecular formula is C15H23N3O. The molecule has 1 fully saturated rings. The van der Waals surface area contributed by atoms with E-state index in [9.17, 15) is 4.79 Å². The summed E-state index contributed by atoms with van der Waals surface area (Å²) in [6.07, 6.45) is 8.97. The molecule has 1 amide bonds. The summed E-state index contributed by atoms with van der Waals surface area (Å²) in [5, 5.41) is 3.31. The molecule has 1 aromatic heterocycles. The number of rotatable bonds is 5. The second-order valence-corrected chi connectivity index (χ2v) is 5.23. The van der Waals surface area contributed by atoms with Gasteiger partial charge in [-0.25, -0.2) is 0 Å². The molecule has 1 unspecified atom stereocenters. The highest BCUT2D eigenvalue weighted by atomic mass is 16.2. The van der Waals surface area contributed by atoms with Gasteiger partial charge in [-0.2, -0.15) is 0 Å². The normalized spacial score (nSPS) is 19.1. The third-order valence-electron chi connectivity index (χ3n) is 3.67. The molecule has 0 spiro atoms. The average molecular weight is 261 g/mol. The van der Waals surface area contributed by atoms with E-state index < -0.39 is 0 Å². The number of amides is 1. The summed E-state index contributed by atoms with van der Waals surface area (Å²) in [5.41, 5.74) is 1.24. The lowest BCUT2D eigenvalue weighted by atomic mass is 10.0. The van der Waals surface area contributed by atoms with Gasteiger partial charge >= 0.3 is 0 Å². The van der Waals surface area contributed by atoms with Crippen LogP contribution < -0.4 is 5.32 Å². The molecule has 1 aliphatic rings. The molecule has 1 aliphatic heterocycles. The van der Waals surface area contributed by atoms with E-state index in [4.69, 9.17) is 0 Å². The van der Waals surface area contributed by atoms with E-state index in [2.05, 4.69) is 16.4 Å². The fourth-order valence-corrected chi connectivity index (χ4v) is 2.51. The second-order valence-electron chi connectivity index (χ2n) is 5.23. The number of aryl methyl sites for hydroxylation is 1. The summed E-state index contributed by atoms with van der Waals surface area (Å²) in [4.78, 5) is 18.2. The lowest BCUT2D eigenvalue weighted by Gasteiger charge is -2.27. The Balaban J connectivity index is 1.71. The fraction of sp³-hybridized carbons (Fsp3) is 0.600. The molecular weight excluding hydrogens is 238 g/mol. The number of nitrogens with one attached hydrogen (secondary N) is 1. The number of nitrogens with zero attached hydrogens (tertiary/aromatic N) is 2. The van der Waals surface area contributed by atoms with E-state index in [0.717, 1.165) is 38.8 Å². The molecule has 1 N–H and O–H groups in total. The van der Waals surface area contributed by atoms with Crippen LogP contribution in [-0.2, 0) is 11.2 Å². The summed E-state index contributed by atoms with van der Waals surface area (Å²) in [5.74, 6) is 0.242. The topological polar surface area (TPSA) is 45.2 Å². The van der Waals surface area contributed by atoms with Gasteiger partial charge in [-0.1, -0.05) is 12.5 Å². The molecule has 0 aromatic carbocycles. The van der Waals surface area contributed by atoms with E-state index in [-0.39, 0.29) is 11.9 Å². The van der Waals surface area contributed by atoms with Crippen LogP contribution in [0.1, 0.15) is 31.2 Å². The van der Waals surface area contributed by atoms with Crippen LogP contribution in [0.15, 0.2) is 24.5 Å². The quantitative estimate of drug-likeness (QED) is 0.876. The Morgan fingerprint density at radius 3 is 3.11 bits per heavy atom. The van der Waals surface area contributed by atoms with E-state index in [1.807, 2.05) is 24.2 Å². The van der Waals surface area contributed by atoms with Crippen molar-refractivity contribution in [2.24, 2.45) is 0 Å². The molecule has 0 radical (unpaired) electrons. The first-order valence-corrected chi connectivity index (χ1v) is 7.14. The summed E-state index contributed by atoms with van der Waals surface area (Å²) < 4.78 is 0. The highest BCUT2D eigenvalue weighted by molar-refractivity contribution is 5.81. The van der Waals surface area contributed by atoms with Crippen LogP contribution in [0.4, 0.5) is 0 Å². The number of hydrogen-bond donors (Lipinski definition) is 1. The van der Waals surface area contributed by atoms with Gasteiger partial charge < -0.3 is 10.2 Å². The van der Waals surface area contributed by atoms with Crippen LogP contribution in [0.3, 0.4) is 0 Å². The average Bonchev–Trinajstić information content (AvgIpc) is 2.48. The molecule has 1 saturated heterocycles. The van der Waals surface area contributed by atoms with Gasteiger partial charge in [0.05, 0.1) is 6.04 Å². The standard InChI is InChI=1S/C15H23N3O/c1-18(15(19)14-8-2-3-10-17-14)11-5-7-13-6-4-9-16-12-13/h4,6,9,12,14,17H,2-3,5,7-8,10-11H2,1H3. The number of hydrogen-bond acceptors (Lipinski definition) is 3. The van der Waals surface area contributed by atoms with E-state index in [0.29, 0.717) is 0 Å². The predicted octanol–water partition coefficient (Wildman–Crippen LogP) is 1.61. The Kier molecular flexibility index (Phi) is 5.33. The molecule has 1 atom stereocenters. The zero-order chi connectivity index (χ0) is 13.5. The Bertz CT molecular complexity index is 388. The minimum absolute atomic E-state index is 0.0390. The number of piperidine rings is 1. The van der Waals surface area contributed by atoms with Gasteiger partial charge in [0, 0.05) is 26.0 Å². The van der Waals surface area contributed by atoms with Crippen LogP contribution >= 0.6 is 0 Å². The lowest BCUT2D eigenvalue weighted by Crippen LogP contribution is -2.47. The van der Waals surface area contributed by atoms with Crippen LogP contribution in [0.25, 0.3) is 0 Å². The number of carbonyl (C=O) groups is 1. The van der Waals surface area contributed by atoms with E-state index in [1.54, 1.807) is 6.20 Å². The highest BCUT2D eigenvalue weighted by Crippen LogP contribution is 2.10. The van der Waals surface area contributed by atoms with Crippen molar-refractivity contribution in [1.82, 2.24) is 15.2 Å². The van der Waals surface area contributed by atoms with Gasteiger partial charge in [0.25, 0.3) is 0 Å². The first-order chi connectivity index (χ1) is 9.27. The zero-order valence-corrected chi connectivity index (χ0v) is 11.6. The third kappa shape index (κ3) is 4.31. The molecule has 19 heavy (non-hydrogen) atoms. The van der Waals surface area contributed by atoms with Crippen molar-refractivity contribution < 1.29 is 4.79 Å². The van der Waals surface area contributed by atoms with Gasteiger partial charge in [-0.15, -0.1) is 0 Å². The SMILES string of the molecule is CN(CCCc1cccnc1)C(=O)C1CCCCN1. The molecule has 4 nitrogen and oxygen atoms in total. The third-order valence-corrected chi connectivity index (χ3v) is 3.67. The Hall–Kier alpha value is -1.42. The van der Waals surface area contributed by atoms with Gasteiger partial charge in [0.2, 0.25) is 5.91 Å². The maximum atomic E-state index is 12.2. The molecule has 2 heterocycles. The van der Waals surface area contributed by atoms with Crippen LogP contribution in [0.2, 0.25) is 0 Å². The minimum atomic E-state index is 0.0390. The molecule has 1 aromatic rings. The maximum Gasteiger partial charge on any atom is 0.239 e. The highest BCUT2D eigenvalue weighted by Gasteiger charge is 2.23. The second kappa shape index (κ2) is 7.24. The Labute approximate surface area is 115 Å². The monoisotopic (exact) mass is 261 g/mol. The molecule has 4 heteroatoms. The minimum Gasteiger partial charge on any atom is -0.344 e. The summed E-state index contributed by atoms with van der Waals surface area (Å²) in [6.45, 7) is 1.78. The van der Waals surface area contributed by atoms with Gasteiger partial charge in [0.15, 0.2) is 0 Å². The van der Waals surface area contributed by atoms with Crippen molar-refractivity contribution in [3.63, 3.8) is 0 Å².